The molecule has 1 aliphatic carbocycles. The van der Waals surface area contributed by atoms with Crippen LogP contribution in [0.3, 0.4) is 0 Å². The van der Waals surface area contributed by atoms with Crippen LogP contribution in [0.2, 0.25) is 0 Å². The van der Waals surface area contributed by atoms with Crippen molar-refractivity contribution in [3.05, 3.63) is 82.2 Å². The Hall–Kier alpha value is -2.99. The van der Waals surface area contributed by atoms with E-state index in [1.165, 1.54) is 0 Å². The summed E-state index contributed by atoms with van der Waals surface area (Å²) in [5.74, 6) is -0.602. The molecule has 7 heteroatoms. The highest BCUT2D eigenvalue weighted by Gasteiger charge is 2.44. The van der Waals surface area contributed by atoms with Crippen molar-refractivity contribution in [3.63, 3.8) is 0 Å². The van der Waals surface area contributed by atoms with E-state index in [1.54, 1.807) is 0 Å². The monoisotopic (exact) mass is 449 g/mol. The fourth-order valence-electron chi connectivity index (χ4n) is 4.89. The van der Waals surface area contributed by atoms with Crippen LogP contribution in [0.4, 0.5) is 0 Å². The van der Waals surface area contributed by atoms with Crippen molar-refractivity contribution in [2.75, 3.05) is 6.54 Å². The molecule has 0 radical (unpaired) electrons. The Morgan fingerprint density at radius 1 is 1.15 bits per heavy atom. The van der Waals surface area contributed by atoms with Gasteiger partial charge in [0.2, 0.25) is 0 Å². The lowest BCUT2D eigenvalue weighted by Gasteiger charge is -2.42. The minimum atomic E-state index is -0.904. The summed E-state index contributed by atoms with van der Waals surface area (Å²) >= 11 is 0. The summed E-state index contributed by atoms with van der Waals surface area (Å²) in [6, 6.07) is 18.9. The maximum absolute atomic E-state index is 12.9. The Kier molecular flexibility index (Phi) is 9.19. The molecule has 0 aromatic heterocycles. The highest BCUT2D eigenvalue weighted by molar-refractivity contribution is 5.83. The molecule has 0 unspecified atom stereocenters. The zero-order chi connectivity index (χ0) is 23.6. The van der Waals surface area contributed by atoms with E-state index in [4.69, 9.17) is 10.3 Å². The van der Waals surface area contributed by atoms with Crippen LogP contribution in [0.1, 0.15) is 55.9 Å². The van der Waals surface area contributed by atoms with Crippen LogP contribution >= 0.6 is 0 Å². The lowest BCUT2D eigenvalue weighted by Crippen LogP contribution is -2.46. The number of aldehydes is 1. The van der Waals surface area contributed by atoms with Crippen molar-refractivity contribution >= 4 is 12.1 Å². The standard InChI is InChI=1S/C26H31N3O4/c1-18-17-23(31)21(13-8-15-28-29-27)22(14-16-30)25(18)33-26(20-11-6-3-7-12-20)24(32)19-9-4-2-5-10-19/h2-7,9-12,16,18,21-22,24-26,32H,8,13-15,17H2,1H3/t18-,21-,22-,24-,25+,26-/m0/s1. The van der Waals surface area contributed by atoms with Gasteiger partial charge in [-0.15, -0.1) is 0 Å². The van der Waals surface area contributed by atoms with Crippen LogP contribution in [0.25, 0.3) is 10.4 Å². The molecule has 0 heterocycles. The summed E-state index contributed by atoms with van der Waals surface area (Å²) in [4.78, 5) is 27.2. The smallest absolute Gasteiger partial charge is 0.136 e. The largest absolute Gasteiger partial charge is 0.385 e. The number of ether oxygens (including phenoxy) is 1. The maximum Gasteiger partial charge on any atom is 0.136 e. The van der Waals surface area contributed by atoms with Crippen LogP contribution in [-0.2, 0) is 14.3 Å². The molecule has 0 amide bonds. The first-order valence-electron chi connectivity index (χ1n) is 11.5. The molecule has 1 N–H and O–H groups in total. The first-order valence-corrected chi connectivity index (χ1v) is 11.5. The fourth-order valence-corrected chi connectivity index (χ4v) is 4.89. The van der Waals surface area contributed by atoms with Gasteiger partial charge in [0.25, 0.3) is 0 Å². The normalized spacial score (nSPS) is 24.5. The van der Waals surface area contributed by atoms with Crippen LogP contribution in [0.15, 0.2) is 65.8 Å². The molecule has 174 valence electrons. The third kappa shape index (κ3) is 6.29. The second-order valence-corrected chi connectivity index (χ2v) is 8.70. The van der Waals surface area contributed by atoms with Gasteiger partial charge < -0.3 is 14.6 Å². The van der Waals surface area contributed by atoms with Gasteiger partial charge in [-0.1, -0.05) is 72.7 Å². The summed E-state index contributed by atoms with van der Waals surface area (Å²) in [6.45, 7) is 2.28. The highest BCUT2D eigenvalue weighted by atomic mass is 16.5. The molecule has 33 heavy (non-hydrogen) atoms. The predicted octanol–water partition coefficient (Wildman–Crippen LogP) is 5.37. The molecule has 7 nitrogen and oxygen atoms in total. The van der Waals surface area contributed by atoms with Crippen molar-refractivity contribution in [1.82, 2.24) is 0 Å². The van der Waals surface area contributed by atoms with E-state index in [1.807, 2.05) is 67.6 Å². The fraction of sp³-hybridized carbons (Fsp3) is 0.462. The summed E-state index contributed by atoms with van der Waals surface area (Å²) < 4.78 is 6.63. The molecule has 6 atom stereocenters. The van der Waals surface area contributed by atoms with Gasteiger partial charge in [-0.2, -0.15) is 0 Å². The van der Waals surface area contributed by atoms with Crippen molar-refractivity contribution in [2.45, 2.75) is 50.9 Å². The number of aliphatic hydroxyl groups excluding tert-OH is 1. The molecular formula is C26H31N3O4. The molecule has 0 aliphatic heterocycles. The van der Waals surface area contributed by atoms with Crippen LogP contribution in [-0.4, -0.2) is 29.8 Å². The third-order valence-electron chi connectivity index (χ3n) is 6.50. The molecule has 1 aliphatic rings. The second kappa shape index (κ2) is 12.3. The molecule has 1 fully saturated rings. The minimum Gasteiger partial charge on any atom is -0.385 e. The second-order valence-electron chi connectivity index (χ2n) is 8.70. The Bertz CT molecular complexity index is 947. The predicted molar refractivity (Wildman–Crippen MR) is 125 cm³/mol. The number of nitrogens with zero attached hydrogens (tertiary/aromatic N) is 3. The SMILES string of the molecule is C[C@H]1CC(=O)[C@@H](CCCN=[N+]=[N-])[C@H](CC=O)[C@@H]1O[C@@H](c1ccccc1)[C@@H](O)c1ccccc1. The molecule has 2 aromatic carbocycles. The Balaban J connectivity index is 1.90. The number of aliphatic hydroxyl groups is 1. The molecule has 0 saturated heterocycles. The van der Waals surface area contributed by atoms with E-state index in [2.05, 4.69) is 10.0 Å². The Morgan fingerprint density at radius 3 is 2.39 bits per heavy atom. The summed E-state index contributed by atoms with van der Waals surface area (Å²) in [6.07, 6.45) is 0.598. The summed E-state index contributed by atoms with van der Waals surface area (Å²) in [5.41, 5.74) is 10.1. The number of azide groups is 1. The van der Waals surface area contributed by atoms with Crippen molar-refractivity contribution in [2.24, 2.45) is 22.9 Å². The molecule has 1 saturated carbocycles. The number of carbonyl (C=O) groups is 2. The molecule has 0 spiro atoms. The van der Waals surface area contributed by atoms with Gasteiger partial charge in [-0.05, 0) is 35.4 Å². The zero-order valence-electron chi connectivity index (χ0n) is 18.9. The van der Waals surface area contributed by atoms with Gasteiger partial charge >= 0.3 is 0 Å². The van der Waals surface area contributed by atoms with Gasteiger partial charge in [0.15, 0.2) is 0 Å². The average Bonchev–Trinajstić information content (AvgIpc) is 2.84. The third-order valence-corrected chi connectivity index (χ3v) is 6.50. The van der Waals surface area contributed by atoms with Crippen molar-refractivity contribution in [1.29, 1.82) is 0 Å². The van der Waals surface area contributed by atoms with Gasteiger partial charge in [0.1, 0.15) is 24.3 Å². The number of hydrogen-bond donors (Lipinski definition) is 1. The lowest BCUT2D eigenvalue weighted by molar-refractivity contribution is -0.158. The number of benzene rings is 2. The van der Waals surface area contributed by atoms with E-state index in [0.717, 1.165) is 17.4 Å². The molecular weight excluding hydrogens is 418 g/mol. The van der Waals surface area contributed by atoms with Crippen LogP contribution in [0.5, 0.6) is 0 Å². The van der Waals surface area contributed by atoms with E-state index in [0.29, 0.717) is 25.8 Å². The molecule has 3 rings (SSSR count). The van der Waals surface area contributed by atoms with Gasteiger partial charge in [-0.3, -0.25) is 4.79 Å². The van der Waals surface area contributed by atoms with E-state index >= 15 is 0 Å². The number of hydrogen-bond acceptors (Lipinski definition) is 5. The maximum atomic E-state index is 12.9. The Labute approximate surface area is 194 Å². The van der Waals surface area contributed by atoms with E-state index in [9.17, 15) is 14.7 Å². The Morgan fingerprint density at radius 2 is 1.79 bits per heavy atom. The molecule has 2 aromatic rings. The van der Waals surface area contributed by atoms with Gasteiger partial charge in [0, 0.05) is 36.1 Å². The van der Waals surface area contributed by atoms with E-state index in [-0.39, 0.29) is 36.1 Å². The number of carbonyl (C=O) groups excluding carboxylic acids is 2. The first-order chi connectivity index (χ1) is 16.1. The highest BCUT2D eigenvalue weighted by Crippen LogP contribution is 2.42. The van der Waals surface area contributed by atoms with Crippen LogP contribution < -0.4 is 0 Å². The van der Waals surface area contributed by atoms with Crippen molar-refractivity contribution in [3.8, 4) is 0 Å². The number of rotatable bonds is 11. The summed E-state index contributed by atoms with van der Waals surface area (Å²) in [5, 5.41) is 14.8. The topological polar surface area (TPSA) is 112 Å². The zero-order valence-corrected chi connectivity index (χ0v) is 18.9. The van der Waals surface area contributed by atoms with E-state index < -0.39 is 12.2 Å². The van der Waals surface area contributed by atoms with Gasteiger partial charge in [0.05, 0.1) is 6.10 Å². The first kappa shape index (κ1) is 24.6. The lowest BCUT2D eigenvalue weighted by atomic mass is 9.68. The average molecular weight is 450 g/mol. The van der Waals surface area contributed by atoms with Gasteiger partial charge in [-0.25, -0.2) is 0 Å². The quantitative estimate of drug-likeness (QED) is 0.163. The van der Waals surface area contributed by atoms with Crippen molar-refractivity contribution < 1.29 is 19.4 Å². The number of Topliss-reactive ketones (excluding diaryl/α,β-unsaturated/α-hetero) is 1. The summed E-state index contributed by atoms with van der Waals surface area (Å²) in [7, 11) is 0. The number of ketones is 1. The molecule has 0 bridgehead atoms. The minimum absolute atomic E-state index is 0.0926. The van der Waals surface area contributed by atoms with Crippen LogP contribution in [0, 0.1) is 17.8 Å².